The SMILES string of the molecule is CNCC=Cc1ccc(C)c(N)c1. The minimum absolute atomic E-state index is 0.853. The molecule has 1 aromatic rings. The van der Waals surface area contributed by atoms with Gasteiger partial charge in [-0.2, -0.15) is 0 Å². The highest BCUT2D eigenvalue weighted by atomic mass is 14.8. The molecule has 0 spiro atoms. The lowest BCUT2D eigenvalue weighted by Crippen LogP contribution is -2.03. The van der Waals surface area contributed by atoms with Gasteiger partial charge in [0.05, 0.1) is 0 Å². The van der Waals surface area contributed by atoms with Crippen LogP contribution in [0.3, 0.4) is 0 Å². The fourth-order valence-corrected chi connectivity index (χ4v) is 1.08. The highest BCUT2D eigenvalue weighted by Crippen LogP contribution is 2.13. The summed E-state index contributed by atoms with van der Waals surface area (Å²) in [4.78, 5) is 0. The quantitative estimate of drug-likeness (QED) is 0.689. The first-order chi connectivity index (χ1) is 6.24. The van der Waals surface area contributed by atoms with Gasteiger partial charge < -0.3 is 11.1 Å². The molecule has 0 aliphatic heterocycles. The predicted octanol–water partition coefficient (Wildman–Crippen LogP) is 1.81. The molecule has 0 aliphatic rings. The molecule has 0 heterocycles. The second-order valence-corrected chi connectivity index (χ2v) is 3.08. The van der Waals surface area contributed by atoms with Crippen LogP contribution >= 0.6 is 0 Å². The van der Waals surface area contributed by atoms with E-state index in [-0.39, 0.29) is 0 Å². The maximum absolute atomic E-state index is 5.78. The van der Waals surface area contributed by atoms with Crippen LogP contribution in [0.25, 0.3) is 6.08 Å². The molecule has 0 amide bonds. The average molecular weight is 176 g/mol. The van der Waals surface area contributed by atoms with Gasteiger partial charge >= 0.3 is 0 Å². The monoisotopic (exact) mass is 176 g/mol. The fourth-order valence-electron chi connectivity index (χ4n) is 1.08. The zero-order valence-electron chi connectivity index (χ0n) is 8.17. The van der Waals surface area contributed by atoms with Gasteiger partial charge in [0.25, 0.3) is 0 Å². The van der Waals surface area contributed by atoms with Crippen LogP contribution < -0.4 is 11.1 Å². The smallest absolute Gasteiger partial charge is 0.0349 e. The third-order valence-electron chi connectivity index (χ3n) is 1.94. The van der Waals surface area contributed by atoms with Gasteiger partial charge in [0.15, 0.2) is 0 Å². The van der Waals surface area contributed by atoms with Crippen LogP contribution in [-0.2, 0) is 0 Å². The number of aryl methyl sites for hydroxylation is 1. The molecule has 1 aromatic carbocycles. The number of nitrogens with two attached hydrogens (primary N) is 1. The van der Waals surface area contributed by atoms with Crippen molar-refractivity contribution in [3.8, 4) is 0 Å². The van der Waals surface area contributed by atoms with Crippen molar-refractivity contribution in [1.29, 1.82) is 0 Å². The van der Waals surface area contributed by atoms with Crippen LogP contribution in [0, 0.1) is 6.92 Å². The van der Waals surface area contributed by atoms with E-state index in [1.165, 1.54) is 0 Å². The van der Waals surface area contributed by atoms with Crippen molar-refractivity contribution >= 4 is 11.8 Å². The highest BCUT2D eigenvalue weighted by Gasteiger charge is 1.92. The molecule has 0 radical (unpaired) electrons. The number of hydrogen-bond donors (Lipinski definition) is 2. The van der Waals surface area contributed by atoms with Gasteiger partial charge in [0.2, 0.25) is 0 Å². The van der Waals surface area contributed by atoms with Crippen molar-refractivity contribution in [2.75, 3.05) is 19.3 Å². The van der Waals surface area contributed by atoms with Crippen LogP contribution in [0.1, 0.15) is 11.1 Å². The summed E-state index contributed by atoms with van der Waals surface area (Å²) in [6.45, 7) is 2.89. The molecule has 1 rings (SSSR count). The Morgan fingerprint density at radius 3 is 2.85 bits per heavy atom. The summed E-state index contributed by atoms with van der Waals surface area (Å²) in [6.07, 6.45) is 4.14. The van der Waals surface area contributed by atoms with Gasteiger partial charge in [-0.25, -0.2) is 0 Å². The summed E-state index contributed by atoms with van der Waals surface area (Å²) in [7, 11) is 1.92. The third-order valence-corrected chi connectivity index (χ3v) is 1.94. The summed E-state index contributed by atoms with van der Waals surface area (Å²) < 4.78 is 0. The van der Waals surface area contributed by atoms with E-state index in [0.29, 0.717) is 0 Å². The standard InChI is InChI=1S/C11H16N2/c1-9-5-6-10(8-11(9)12)4-3-7-13-2/h3-6,8,13H,7,12H2,1-2H3. The number of benzene rings is 1. The lowest BCUT2D eigenvalue weighted by atomic mass is 10.1. The Labute approximate surface area is 79.5 Å². The highest BCUT2D eigenvalue weighted by molar-refractivity contribution is 5.58. The largest absolute Gasteiger partial charge is 0.398 e. The lowest BCUT2D eigenvalue weighted by molar-refractivity contribution is 0.922. The van der Waals surface area contributed by atoms with Crippen molar-refractivity contribution in [1.82, 2.24) is 5.32 Å². The van der Waals surface area contributed by atoms with E-state index < -0.39 is 0 Å². The Balaban J connectivity index is 2.73. The molecule has 70 valence electrons. The van der Waals surface area contributed by atoms with Gasteiger partial charge in [-0.1, -0.05) is 24.3 Å². The molecular weight excluding hydrogens is 160 g/mol. The second kappa shape index (κ2) is 4.67. The Bertz CT molecular complexity index is 303. The number of hydrogen-bond acceptors (Lipinski definition) is 2. The van der Waals surface area contributed by atoms with Gasteiger partial charge in [0, 0.05) is 12.2 Å². The summed E-state index contributed by atoms with van der Waals surface area (Å²) >= 11 is 0. The molecule has 3 N–H and O–H groups in total. The van der Waals surface area contributed by atoms with E-state index in [9.17, 15) is 0 Å². The Kier molecular flexibility index (Phi) is 3.53. The van der Waals surface area contributed by atoms with E-state index in [1.54, 1.807) is 0 Å². The number of nitrogens with one attached hydrogen (secondary N) is 1. The van der Waals surface area contributed by atoms with Gasteiger partial charge in [0.1, 0.15) is 0 Å². The third kappa shape index (κ3) is 2.92. The molecule has 2 nitrogen and oxygen atoms in total. The normalized spacial score (nSPS) is 10.9. The maximum Gasteiger partial charge on any atom is 0.0349 e. The zero-order valence-corrected chi connectivity index (χ0v) is 8.17. The van der Waals surface area contributed by atoms with Crippen molar-refractivity contribution in [2.45, 2.75) is 6.92 Å². The molecular formula is C11H16N2. The predicted molar refractivity (Wildman–Crippen MR) is 58.6 cm³/mol. The molecule has 0 saturated carbocycles. The molecule has 0 saturated heterocycles. The van der Waals surface area contributed by atoms with Crippen molar-refractivity contribution in [2.24, 2.45) is 0 Å². The van der Waals surface area contributed by atoms with Crippen molar-refractivity contribution in [3.05, 3.63) is 35.4 Å². The Morgan fingerprint density at radius 2 is 2.23 bits per heavy atom. The first kappa shape index (κ1) is 9.81. The molecule has 0 unspecified atom stereocenters. The summed E-state index contributed by atoms with van der Waals surface area (Å²) in [5.41, 5.74) is 8.91. The summed E-state index contributed by atoms with van der Waals surface area (Å²) in [5.74, 6) is 0. The average Bonchev–Trinajstić information content (AvgIpc) is 2.12. The number of rotatable bonds is 3. The van der Waals surface area contributed by atoms with Crippen LogP contribution in [-0.4, -0.2) is 13.6 Å². The summed E-state index contributed by atoms with van der Waals surface area (Å²) in [6, 6.07) is 6.09. The minimum Gasteiger partial charge on any atom is -0.398 e. The summed E-state index contributed by atoms with van der Waals surface area (Å²) in [5, 5.41) is 3.05. The van der Waals surface area contributed by atoms with Gasteiger partial charge in [-0.05, 0) is 31.2 Å². The van der Waals surface area contributed by atoms with Crippen LogP contribution in [0.2, 0.25) is 0 Å². The minimum atomic E-state index is 0.853. The van der Waals surface area contributed by atoms with E-state index >= 15 is 0 Å². The number of likely N-dealkylation sites (N-methyl/N-ethyl adjacent to an activating group) is 1. The van der Waals surface area contributed by atoms with E-state index in [4.69, 9.17) is 5.73 Å². The van der Waals surface area contributed by atoms with Crippen molar-refractivity contribution < 1.29 is 0 Å². The number of anilines is 1. The van der Waals surface area contributed by atoms with Crippen molar-refractivity contribution in [3.63, 3.8) is 0 Å². The number of nitrogen functional groups attached to an aromatic ring is 1. The van der Waals surface area contributed by atoms with E-state index in [2.05, 4.69) is 23.5 Å². The van der Waals surface area contributed by atoms with Gasteiger partial charge in [-0.15, -0.1) is 0 Å². The molecule has 0 atom stereocenters. The molecule has 2 heteroatoms. The zero-order chi connectivity index (χ0) is 9.68. The molecule has 13 heavy (non-hydrogen) atoms. The maximum atomic E-state index is 5.78. The van der Waals surface area contributed by atoms with Crippen LogP contribution in [0.5, 0.6) is 0 Å². The molecule has 0 aliphatic carbocycles. The molecule has 0 aromatic heterocycles. The first-order valence-corrected chi connectivity index (χ1v) is 4.41. The Morgan fingerprint density at radius 1 is 1.46 bits per heavy atom. The van der Waals surface area contributed by atoms with E-state index in [0.717, 1.165) is 23.4 Å². The first-order valence-electron chi connectivity index (χ1n) is 4.41. The van der Waals surface area contributed by atoms with Crippen LogP contribution in [0.15, 0.2) is 24.3 Å². The van der Waals surface area contributed by atoms with Gasteiger partial charge in [-0.3, -0.25) is 0 Å². The molecule has 0 fully saturated rings. The van der Waals surface area contributed by atoms with Crippen LogP contribution in [0.4, 0.5) is 5.69 Å². The topological polar surface area (TPSA) is 38.0 Å². The lowest BCUT2D eigenvalue weighted by Gasteiger charge is -2.00. The second-order valence-electron chi connectivity index (χ2n) is 3.08. The Hall–Kier alpha value is -1.28. The fraction of sp³-hybridized carbons (Fsp3) is 0.273. The molecule has 0 bridgehead atoms. The van der Waals surface area contributed by atoms with E-state index in [1.807, 2.05) is 26.1 Å².